The predicted octanol–water partition coefficient (Wildman–Crippen LogP) is 2.42. The van der Waals surface area contributed by atoms with Crippen LogP contribution in [0.25, 0.3) is 0 Å². The topological polar surface area (TPSA) is 68.2 Å². The highest BCUT2D eigenvalue weighted by atomic mass is 16.5. The molecule has 0 radical (unpaired) electrons. The molecular formula is C20H26O5. The summed E-state index contributed by atoms with van der Waals surface area (Å²) in [5.41, 5.74) is 2.34. The third-order valence-corrected chi connectivity index (χ3v) is 3.55. The molecule has 0 bridgehead atoms. The van der Waals surface area contributed by atoms with Gasteiger partial charge in [-0.15, -0.1) is 0 Å². The Morgan fingerprint density at radius 1 is 0.760 bits per heavy atom. The predicted molar refractivity (Wildman–Crippen MR) is 96.2 cm³/mol. The minimum atomic E-state index is -0.626. The van der Waals surface area contributed by atoms with Crippen molar-refractivity contribution >= 4 is 0 Å². The molecule has 2 aromatic rings. The number of hydrogen-bond acceptors (Lipinski definition) is 5. The molecule has 0 fully saturated rings. The van der Waals surface area contributed by atoms with Crippen molar-refractivity contribution in [3.63, 3.8) is 0 Å². The molecule has 0 aliphatic heterocycles. The van der Waals surface area contributed by atoms with E-state index in [1.165, 1.54) is 11.1 Å². The average molecular weight is 346 g/mol. The van der Waals surface area contributed by atoms with E-state index in [0.29, 0.717) is 6.61 Å². The van der Waals surface area contributed by atoms with E-state index in [1.807, 2.05) is 48.5 Å². The Balaban J connectivity index is 1.84. The summed E-state index contributed by atoms with van der Waals surface area (Å²) in [6.07, 6.45) is -0.293. The number of ether oxygens (including phenoxy) is 3. The third-order valence-electron chi connectivity index (χ3n) is 3.55. The van der Waals surface area contributed by atoms with Crippen LogP contribution in [-0.4, -0.2) is 49.4 Å². The van der Waals surface area contributed by atoms with Gasteiger partial charge >= 0.3 is 0 Å². The van der Waals surface area contributed by atoms with Gasteiger partial charge in [0.05, 0.1) is 12.7 Å². The zero-order chi connectivity index (χ0) is 18.1. The molecule has 0 heterocycles. The SMILES string of the molecule is COCC(O)COc1ccc(Cc2ccc(OCC(C)O)cc2)cc1. The van der Waals surface area contributed by atoms with Crippen LogP contribution in [0.5, 0.6) is 11.5 Å². The van der Waals surface area contributed by atoms with Gasteiger partial charge in [-0.3, -0.25) is 0 Å². The molecule has 5 nitrogen and oxygen atoms in total. The molecule has 2 unspecified atom stereocenters. The number of aliphatic hydroxyl groups is 2. The van der Waals surface area contributed by atoms with Crippen LogP contribution in [0.4, 0.5) is 0 Å². The van der Waals surface area contributed by atoms with E-state index in [1.54, 1.807) is 14.0 Å². The summed E-state index contributed by atoms with van der Waals surface area (Å²) in [4.78, 5) is 0. The molecule has 0 spiro atoms. The highest BCUT2D eigenvalue weighted by molar-refractivity contribution is 5.34. The van der Waals surface area contributed by atoms with Gasteiger partial charge in [0.15, 0.2) is 0 Å². The van der Waals surface area contributed by atoms with Crippen molar-refractivity contribution < 1.29 is 24.4 Å². The number of rotatable bonds is 10. The number of methoxy groups -OCH3 is 1. The Morgan fingerprint density at radius 2 is 1.24 bits per heavy atom. The molecule has 25 heavy (non-hydrogen) atoms. The molecule has 2 N–H and O–H groups in total. The average Bonchev–Trinajstić information content (AvgIpc) is 2.61. The van der Waals surface area contributed by atoms with Gasteiger partial charge < -0.3 is 24.4 Å². The lowest BCUT2D eigenvalue weighted by Crippen LogP contribution is -2.22. The molecule has 0 saturated heterocycles. The maximum atomic E-state index is 9.58. The second kappa shape index (κ2) is 10.0. The van der Waals surface area contributed by atoms with E-state index in [9.17, 15) is 10.2 Å². The molecule has 0 saturated carbocycles. The van der Waals surface area contributed by atoms with Crippen LogP contribution in [-0.2, 0) is 11.2 Å². The summed E-state index contributed by atoms with van der Waals surface area (Å²) in [7, 11) is 1.55. The van der Waals surface area contributed by atoms with E-state index in [2.05, 4.69) is 0 Å². The van der Waals surface area contributed by atoms with Crippen molar-refractivity contribution in [3.8, 4) is 11.5 Å². The second-order valence-corrected chi connectivity index (χ2v) is 6.04. The van der Waals surface area contributed by atoms with Crippen molar-refractivity contribution in [3.05, 3.63) is 59.7 Å². The molecule has 0 aromatic heterocycles. The van der Waals surface area contributed by atoms with Crippen molar-refractivity contribution in [2.24, 2.45) is 0 Å². The van der Waals surface area contributed by atoms with Crippen LogP contribution >= 0.6 is 0 Å². The fourth-order valence-corrected chi connectivity index (χ4v) is 2.29. The van der Waals surface area contributed by atoms with Gasteiger partial charge in [-0.05, 0) is 48.7 Å². The molecule has 136 valence electrons. The fraction of sp³-hybridized carbons (Fsp3) is 0.400. The minimum Gasteiger partial charge on any atom is -0.491 e. The lowest BCUT2D eigenvalue weighted by molar-refractivity contribution is 0.0325. The number of hydrogen-bond donors (Lipinski definition) is 2. The van der Waals surface area contributed by atoms with Crippen LogP contribution in [0.3, 0.4) is 0 Å². The summed E-state index contributed by atoms with van der Waals surface area (Å²) in [5.74, 6) is 1.48. The van der Waals surface area contributed by atoms with Gasteiger partial charge in [-0.25, -0.2) is 0 Å². The zero-order valence-electron chi connectivity index (χ0n) is 14.7. The quantitative estimate of drug-likeness (QED) is 0.691. The fourth-order valence-electron chi connectivity index (χ4n) is 2.29. The first-order valence-corrected chi connectivity index (χ1v) is 8.35. The lowest BCUT2D eigenvalue weighted by atomic mass is 10.0. The summed E-state index contributed by atoms with van der Waals surface area (Å²) in [6.45, 7) is 2.45. The van der Waals surface area contributed by atoms with Crippen molar-refractivity contribution in [1.29, 1.82) is 0 Å². The first-order valence-electron chi connectivity index (χ1n) is 8.35. The van der Waals surface area contributed by atoms with Crippen LogP contribution in [0.2, 0.25) is 0 Å². The molecule has 0 aliphatic carbocycles. The van der Waals surface area contributed by atoms with Crippen molar-refractivity contribution in [2.45, 2.75) is 25.6 Å². The lowest BCUT2D eigenvalue weighted by Gasteiger charge is -2.12. The molecule has 0 aliphatic rings. The molecule has 2 aromatic carbocycles. The van der Waals surface area contributed by atoms with Crippen molar-refractivity contribution in [1.82, 2.24) is 0 Å². The van der Waals surface area contributed by atoms with E-state index < -0.39 is 12.2 Å². The summed E-state index contributed by atoms with van der Waals surface area (Å²) < 4.78 is 15.8. The summed E-state index contributed by atoms with van der Waals surface area (Å²) in [5, 5.41) is 18.8. The zero-order valence-corrected chi connectivity index (χ0v) is 14.7. The third kappa shape index (κ3) is 7.13. The van der Waals surface area contributed by atoms with Crippen molar-refractivity contribution in [2.75, 3.05) is 26.9 Å². The van der Waals surface area contributed by atoms with Gasteiger partial charge in [0, 0.05) is 7.11 Å². The maximum absolute atomic E-state index is 9.58. The van der Waals surface area contributed by atoms with Crippen LogP contribution in [0.1, 0.15) is 18.1 Å². The Morgan fingerprint density at radius 3 is 1.68 bits per heavy atom. The number of benzene rings is 2. The minimum absolute atomic E-state index is 0.209. The van der Waals surface area contributed by atoms with Gasteiger partial charge in [0.1, 0.15) is 30.8 Å². The van der Waals surface area contributed by atoms with E-state index in [-0.39, 0.29) is 13.2 Å². The van der Waals surface area contributed by atoms with Gasteiger partial charge in [0.25, 0.3) is 0 Å². The van der Waals surface area contributed by atoms with Crippen LogP contribution in [0, 0.1) is 0 Å². The smallest absolute Gasteiger partial charge is 0.119 e. The molecule has 5 heteroatoms. The molecule has 2 atom stereocenters. The van der Waals surface area contributed by atoms with Gasteiger partial charge in [-0.1, -0.05) is 24.3 Å². The molecule has 0 amide bonds. The summed E-state index contributed by atoms with van der Waals surface area (Å²) >= 11 is 0. The number of aliphatic hydroxyl groups excluding tert-OH is 2. The highest BCUT2D eigenvalue weighted by Gasteiger charge is 2.05. The maximum Gasteiger partial charge on any atom is 0.119 e. The Labute approximate surface area is 148 Å². The van der Waals surface area contributed by atoms with E-state index >= 15 is 0 Å². The largest absolute Gasteiger partial charge is 0.491 e. The van der Waals surface area contributed by atoms with Crippen LogP contribution < -0.4 is 9.47 Å². The standard InChI is InChI=1S/C20H26O5/c1-15(21)12-24-19-7-3-16(4-8-19)11-17-5-9-20(10-6-17)25-14-18(22)13-23-2/h3-10,15,18,21-22H,11-14H2,1-2H3. The highest BCUT2D eigenvalue weighted by Crippen LogP contribution is 2.18. The molecule has 2 rings (SSSR count). The van der Waals surface area contributed by atoms with Crippen LogP contribution in [0.15, 0.2) is 48.5 Å². The van der Waals surface area contributed by atoms with Gasteiger partial charge in [0.2, 0.25) is 0 Å². The first kappa shape index (κ1) is 19.2. The summed E-state index contributed by atoms with van der Waals surface area (Å²) in [6, 6.07) is 15.7. The Kier molecular flexibility index (Phi) is 7.73. The van der Waals surface area contributed by atoms with E-state index in [0.717, 1.165) is 17.9 Å². The van der Waals surface area contributed by atoms with Gasteiger partial charge in [-0.2, -0.15) is 0 Å². The molecular weight excluding hydrogens is 320 g/mol. The Bertz CT molecular complexity index is 607. The normalized spacial score (nSPS) is 13.3. The Hall–Kier alpha value is -2.08. The first-order chi connectivity index (χ1) is 12.1. The second-order valence-electron chi connectivity index (χ2n) is 6.04. The monoisotopic (exact) mass is 346 g/mol. The van der Waals surface area contributed by atoms with E-state index in [4.69, 9.17) is 14.2 Å².